The Bertz CT molecular complexity index is 1120. The highest BCUT2D eigenvalue weighted by Gasteiger charge is 2.30. The standard InChI is InChI=1S/C30H35FN2O2S/c1-22(2)18-32-30(35)28(17-24-9-5-4-6-10-24)33(19-25-12-14-27(31)15-13-25)29(34)21-36-20-26-11-7-8-23(3)16-26/h4-16,22,28H,17-21H2,1-3H3,(H,32,35)/t28-/m1/s1. The monoisotopic (exact) mass is 506 g/mol. The average Bonchev–Trinajstić information content (AvgIpc) is 2.86. The molecule has 36 heavy (non-hydrogen) atoms. The van der Waals surface area contributed by atoms with Crippen molar-refractivity contribution in [2.24, 2.45) is 5.92 Å². The zero-order valence-corrected chi connectivity index (χ0v) is 22.1. The summed E-state index contributed by atoms with van der Waals surface area (Å²) in [7, 11) is 0. The van der Waals surface area contributed by atoms with Gasteiger partial charge in [-0.2, -0.15) is 0 Å². The molecule has 1 N–H and O–H groups in total. The molecule has 1 atom stereocenters. The summed E-state index contributed by atoms with van der Waals surface area (Å²) < 4.78 is 13.5. The highest BCUT2D eigenvalue weighted by atomic mass is 32.2. The molecular weight excluding hydrogens is 471 g/mol. The third kappa shape index (κ3) is 8.83. The van der Waals surface area contributed by atoms with Gasteiger partial charge in [-0.15, -0.1) is 11.8 Å². The Balaban J connectivity index is 1.83. The van der Waals surface area contributed by atoms with Crippen molar-refractivity contribution in [3.05, 3.63) is 107 Å². The third-order valence-corrected chi connectivity index (χ3v) is 6.79. The normalized spacial score (nSPS) is 11.8. The lowest BCUT2D eigenvalue weighted by atomic mass is 10.0. The maximum atomic E-state index is 13.6. The first-order valence-corrected chi connectivity index (χ1v) is 13.5. The maximum Gasteiger partial charge on any atom is 0.243 e. The summed E-state index contributed by atoms with van der Waals surface area (Å²) in [5, 5.41) is 3.02. The van der Waals surface area contributed by atoms with Crippen LogP contribution in [0.5, 0.6) is 0 Å². The van der Waals surface area contributed by atoms with Gasteiger partial charge >= 0.3 is 0 Å². The number of carbonyl (C=O) groups excluding carboxylic acids is 2. The van der Waals surface area contributed by atoms with Crippen molar-refractivity contribution in [1.82, 2.24) is 10.2 Å². The highest BCUT2D eigenvalue weighted by molar-refractivity contribution is 7.99. The fourth-order valence-corrected chi connectivity index (χ4v) is 4.76. The number of rotatable bonds is 12. The van der Waals surface area contributed by atoms with Gasteiger partial charge in [0, 0.05) is 25.3 Å². The second-order valence-corrected chi connectivity index (χ2v) is 10.5. The Labute approximate surface area is 218 Å². The van der Waals surface area contributed by atoms with Crippen LogP contribution < -0.4 is 5.32 Å². The Hall–Kier alpha value is -3.12. The van der Waals surface area contributed by atoms with E-state index in [2.05, 4.69) is 17.4 Å². The Kier molecular flexibility index (Phi) is 10.6. The van der Waals surface area contributed by atoms with Crippen LogP contribution in [0, 0.1) is 18.7 Å². The number of hydrogen-bond donors (Lipinski definition) is 1. The highest BCUT2D eigenvalue weighted by Crippen LogP contribution is 2.19. The molecule has 0 unspecified atom stereocenters. The zero-order valence-electron chi connectivity index (χ0n) is 21.2. The molecule has 0 bridgehead atoms. The second-order valence-electron chi connectivity index (χ2n) is 9.47. The van der Waals surface area contributed by atoms with Gasteiger partial charge in [-0.25, -0.2) is 4.39 Å². The van der Waals surface area contributed by atoms with E-state index in [0.717, 1.165) is 16.7 Å². The largest absolute Gasteiger partial charge is 0.354 e. The smallest absolute Gasteiger partial charge is 0.243 e. The Morgan fingerprint density at radius 1 is 0.917 bits per heavy atom. The molecule has 6 heteroatoms. The van der Waals surface area contributed by atoms with E-state index in [4.69, 9.17) is 0 Å². The number of nitrogens with zero attached hydrogens (tertiary/aromatic N) is 1. The molecule has 0 heterocycles. The van der Waals surface area contributed by atoms with Crippen LogP contribution in [0.2, 0.25) is 0 Å². The lowest BCUT2D eigenvalue weighted by Crippen LogP contribution is -2.51. The molecule has 0 spiro atoms. The van der Waals surface area contributed by atoms with Crippen molar-refractivity contribution in [1.29, 1.82) is 0 Å². The van der Waals surface area contributed by atoms with Crippen LogP contribution in [0.4, 0.5) is 4.39 Å². The van der Waals surface area contributed by atoms with Crippen molar-refractivity contribution in [3.8, 4) is 0 Å². The number of halogens is 1. The van der Waals surface area contributed by atoms with Crippen molar-refractivity contribution < 1.29 is 14.0 Å². The molecule has 0 aliphatic rings. The Morgan fingerprint density at radius 3 is 2.28 bits per heavy atom. The van der Waals surface area contributed by atoms with E-state index in [9.17, 15) is 14.0 Å². The van der Waals surface area contributed by atoms with E-state index in [1.54, 1.807) is 17.0 Å². The Morgan fingerprint density at radius 2 is 1.61 bits per heavy atom. The molecule has 0 radical (unpaired) electrons. The first-order chi connectivity index (χ1) is 17.3. The van der Waals surface area contributed by atoms with Crippen LogP contribution in [-0.2, 0) is 28.3 Å². The summed E-state index contributed by atoms with van der Waals surface area (Å²) in [6.07, 6.45) is 0.403. The van der Waals surface area contributed by atoms with Gasteiger partial charge < -0.3 is 10.2 Å². The summed E-state index contributed by atoms with van der Waals surface area (Å²) in [6.45, 7) is 6.89. The molecule has 4 nitrogen and oxygen atoms in total. The van der Waals surface area contributed by atoms with E-state index >= 15 is 0 Å². The lowest BCUT2D eigenvalue weighted by Gasteiger charge is -2.32. The minimum absolute atomic E-state index is 0.113. The summed E-state index contributed by atoms with van der Waals surface area (Å²) in [5.74, 6) is 0.626. The van der Waals surface area contributed by atoms with Crippen LogP contribution in [0.15, 0.2) is 78.9 Å². The molecule has 0 saturated carbocycles. The van der Waals surface area contributed by atoms with Gasteiger partial charge in [0.05, 0.1) is 5.75 Å². The number of thioether (sulfide) groups is 1. The molecular formula is C30H35FN2O2S. The van der Waals surface area contributed by atoms with Gasteiger partial charge in [-0.05, 0) is 41.7 Å². The third-order valence-electron chi connectivity index (χ3n) is 5.80. The first-order valence-electron chi connectivity index (χ1n) is 12.3. The average molecular weight is 507 g/mol. The van der Waals surface area contributed by atoms with Crippen molar-refractivity contribution in [2.75, 3.05) is 12.3 Å². The molecule has 3 aromatic carbocycles. The molecule has 3 aromatic rings. The zero-order chi connectivity index (χ0) is 25.9. The van der Waals surface area contributed by atoms with Crippen molar-refractivity contribution in [3.63, 3.8) is 0 Å². The molecule has 0 aromatic heterocycles. The molecule has 2 amide bonds. The fourth-order valence-electron chi connectivity index (χ4n) is 3.90. The first kappa shape index (κ1) is 27.5. The predicted molar refractivity (Wildman–Crippen MR) is 146 cm³/mol. The van der Waals surface area contributed by atoms with Crippen molar-refractivity contribution >= 4 is 23.6 Å². The van der Waals surface area contributed by atoms with Crippen LogP contribution in [0.3, 0.4) is 0 Å². The topological polar surface area (TPSA) is 49.4 Å². The summed E-state index contributed by atoms with van der Waals surface area (Å²) in [5.41, 5.74) is 4.10. The van der Waals surface area contributed by atoms with Crippen LogP contribution in [0.25, 0.3) is 0 Å². The number of benzene rings is 3. The molecule has 0 fully saturated rings. The molecule has 0 aliphatic carbocycles. The van der Waals surface area contributed by atoms with E-state index in [1.807, 2.05) is 63.2 Å². The summed E-state index contributed by atoms with van der Waals surface area (Å²) >= 11 is 1.54. The van der Waals surface area contributed by atoms with E-state index < -0.39 is 6.04 Å². The molecule has 3 rings (SSSR count). The number of aryl methyl sites for hydroxylation is 1. The number of carbonyl (C=O) groups is 2. The van der Waals surface area contributed by atoms with E-state index in [0.29, 0.717) is 18.7 Å². The number of amides is 2. The number of hydrogen-bond acceptors (Lipinski definition) is 3. The SMILES string of the molecule is Cc1cccc(CSCC(=O)N(Cc2ccc(F)cc2)[C@H](Cc2ccccc2)C(=O)NCC(C)C)c1. The summed E-state index contributed by atoms with van der Waals surface area (Å²) in [4.78, 5) is 28.7. The van der Waals surface area contributed by atoms with Crippen LogP contribution >= 0.6 is 11.8 Å². The van der Waals surface area contributed by atoms with Gasteiger partial charge in [-0.3, -0.25) is 9.59 Å². The lowest BCUT2D eigenvalue weighted by molar-refractivity contribution is -0.139. The fraction of sp³-hybridized carbons (Fsp3) is 0.333. The maximum absolute atomic E-state index is 13.6. The van der Waals surface area contributed by atoms with Gasteiger partial charge in [0.2, 0.25) is 11.8 Å². The van der Waals surface area contributed by atoms with Gasteiger partial charge in [-0.1, -0.05) is 86.1 Å². The molecule has 190 valence electrons. The van der Waals surface area contributed by atoms with Gasteiger partial charge in [0.25, 0.3) is 0 Å². The van der Waals surface area contributed by atoms with E-state index in [1.165, 1.54) is 29.5 Å². The second kappa shape index (κ2) is 13.8. The summed E-state index contributed by atoms with van der Waals surface area (Å²) in [6, 6.07) is 23.4. The minimum atomic E-state index is -0.678. The molecule has 0 saturated heterocycles. The molecule has 0 aliphatic heterocycles. The van der Waals surface area contributed by atoms with Gasteiger partial charge in [0.15, 0.2) is 0 Å². The van der Waals surface area contributed by atoms with Crippen LogP contribution in [0.1, 0.15) is 36.1 Å². The number of nitrogens with one attached hydrogen (secondary N) is 1. The van der Waals surface area contributed by atoms with Gasteiger partial charge in [0.1, 0.15) is 11.9 Å². The van der Waals surface area contributed by atoms with Crippen LogP contribution in [-0.4, -0.2) is 35.1 Å². The minimum Gasteiger partial charge on any atom is -0.354 e. The quantitative estimate of drug-likeness (QED) is 0.339. The predicted octanol–water partition coefficient (Wildman–Crippen LogP) is 5.78. The van der Waals surface area contributed by atoms with E-state index in [-0.39, 0.29) is 35.8 Å². The van der Waals surface area contributed by atoms with Crippen molar-refractivity contribution in [2.45, 2.75) is 45.5 Å².